The number of nitriles is 1. The van der Waals surface area contributed by atoms with Crippen LogP contribution in [0.25, 0.3) is 17.1 Å². The lowest BCUT2D eigenvalue weighted by Crippen LogP contribution is -2.02. The van der Waals surface area contributed by atoms with Crippen molar-refractivity contribution in [2.24, 2.45) is 0 Å². The first-order valence-corrected chi connectivity index (χ1v) is 7.03. The molecule has 0 atom stereocenters. The molecule has 5 nitrogen and oxygen atoms in total. The summed E-state index contributed by atoms with van der Waals surface area (Å²) < 4.78 is 1.60. The lowest BCUT2D eigenvalue weighted by molar-refractivity contribution is 0.824. The standard InChI is InChI=1S/C16H12ClN5/c1-10-7-15(20-11(2)19-10)22-9-13(8-18)16(21-22)12-3-5-14(17)6-4-12/h3-7,9H,1-2H3. The van der Waals surface area contributed by atoms with Crippen LogP contribution in [0.15, 0.2) is 36.5 Å². The highest BCUT2D eigenvalue weighted by Gasteiger charge is 2.13. The van der Waals surface area contributed by atoms with Gasteiger partial charge in [-0.15, -0.1) is 0 Å². The number of benzene rings is 1. The van der Waals surface area contributed by atoms with Gasteiger partial charge < -0.3 is 0 Å². The van der Waals surface area contributed by atoms with Crippen molar-refractivity contribution in [3.63, 3.8) is 0 Å². The third-order valence-electron chi connectivity index (χ3n) is 3.14. The minimum Gasteiger partial charge on any atom is -0.238 e. The topological polar surface area (TPSA) is 67.4 Å². The molecule has 0 saturated heterocycles. The average Bonchev–Trinajstić information content (AvgIpc) is 2.91. The van der Waals surface area contributed by atoms with Crippen LogP contribution in [0.1, 0.15) is 17.1 Å². The van der Waals surface area contributed by atoms with Gasteiger partial charge in [0, 0.05) is 22.3 Å². The molecule has 0 aliphatic rings. The summed E-state index contributed by atoms with van der Waals surface area (Å²) in [5, 5.41) is 14.5. The van der Waals surface area contributed by atoms with Crippen molar-refractivity contribution in [2.75, 3.05) is 0 Å². The fourth-order valence-corrected chi connectivity index (χ4v) is 2.33. The Morgan fingerprint density at radius 1 is 1.14 bits per heavy atom. The molecule has 3 rings (SSSR count). The average molecular weight is 310 g/mol. The smallest absolute Gasteiger partial charge is 0.157 e. The van der Waals surface area contributed by atoms with E-state index in [1.807, 2.05) is 32.0 Å². The molecule has 0 aliphatic carbocycles. The van der Waals surface area contributed by atoms with Gasteiger partial charge in [-0.3, -0.25) is 0 Å². The summed E-state index contributed by atoms with van der Waals surface area (Å²) in [6.07, 6.45) is 1.67. The number of aryl methyl sites for hydroxylation is 2. The first-order valence-electron chi connectivity index (χ1n) is 6.65. The van der Waals surface area contributed by atoms with E-state index in [0.29, 0.717) is 27.9 Å². The number of hydrogen-bond donors (Lipinski definition) is 0. The molecule has 0 unspecified atom stereocenters. The summed E-state index contributed by atoms with van der Waals surface area (Å²) >= 11 is 5.90. The van der Waals surface area contributed by atoms with Crippen LogP contribution in [0.3, 0.4) is 0 Å². The molecule has 0 radical (unpaired) electrons. The minimum atomic E-state index is 0.483. The Labute approximate surface area is 132 Å². The lowest BCUT2D eigenvalue weighted by atomic mass is 10.1. The zero-order valence-corrected chi connectivity index (χ0v) is 12.8. The summed E-state index contributed by atoms with van der Waals surface area (Å²) in [4.78, 5) is 8.60. The van der Waals surface area contributed by atoms with Crippen LogP contribution < -0.4 is 0 Å². The van der Waals surface area contributed by atoms with Crippen molar-refractivity contribution < 1.29 is 0 Å². The van der Waals surface area contributed by atoms with Gasteiger partial charge >= 0.3 is 0 Å². The van der Waals surface area contributed by atoms with E-state index in [1.54, 1.807) is 23.0 Å². The molecule has 0 fully saturated rings. The number of aromatic nitrogens is 4. The first kappa shape index (κ1) is 14.2. The van der Waals surface area contributed by atoms with Crippen LogP contribution in [0.2, 0.25) is 5.02 Å². The molecule has 1 aromatic carbocycles. The van der Waals surface area contributed by atoms with Crippen molar-refractivity contribution in [2.45, 2.75) is 13.8 Å². The maximum Gasteiger partial charge on any atom is 0.157 e. The fraction of sp³-hybridized carbons (Fsp3) is 0.125. The third-order valence-corrected chi connectivity index (χ3v) is 3.39. The molecule has 0 spiro atoms. The van der Waals surface area contributed by atoms with Crippen LogP contribution in [0.4, 0.5) is 0 Å². The van der Waals surface area contributed by atoms with Crippen LogP contribution in [0.5, 0.6) is 0 Å². The number of hydrogen-bond acceptors (Lipinski definition) is 4. The summed E-state index contributed by atoms with van der Waals surface area (Å²) in [7, 11) is 0. The van der Waals surface area contributed by atoms with Gasteiger partial charge in [-0.25, -0.2) is 14.6 Å². The first-order chi connectivity index (χ1) is 10.6. The predicted octanol–water partition coefficient (Wildman–Crippen LogP) is 3.47. The highest BCUT2D eigenvalue weighted by Crippen LogP contribution is 2.24. The van der Waals surface area contributed by atoms with Crippen LogP contribution in [-0.4, -0.2) is 19.7 Å². The van der Waals surface area contributed by atoms with Gasteiger partial charge in [0.25, 0.3) is 0 Å². The molecule has 0 N–H and O–H groups in total. The molecular formula is C16H12ClN5. The zero-order chi connectivity index (χ0) is 15.7. The van der Waals surface area contributed by atoms with Gasteiger partial charge in [0.05, 0.1) is 11.8 Å². The minimum absolute atomic E-state index is 0.483. The largest absolute Gasteiger partial charge is 0.238 e. The van der Waals surface area contributed by atoms with E-state index in [0.717, 1.165) is 11.3 Å². The van der Waals surface area contributed by atoms with Gasteiger partial charge in [-0.2, -0.15) is 10.4 Å². The van der Waals surface area contributed by atoms with Crippen LogP contribution in [0, 0.1) is 25.2 Å². The van der Waals surface area contributed by atoms with Crippen molar-refractivity contribution >= 4 is 11.6 Å². The van der Waals surface area contributed by atoms with E-state index >= 15 is 0 Å². The Morgan fingerprint density at radius 2 is 1.86 bits per heavy atom. The summed E-state index contributed by atoms with van der Waals surface area (Å²) in [6.45, 7) is 3.72. The van der Waals surface area contributed by atoms with Crippen LogP contribution in [-0.2, 0) is 0 Å². The quantitative estimate of drug-likeness (QED) is 0.727. The maximum absolute atomic E-state index is 9.34. The lowest BCUT2D eigenvalue weighted by Gasteiger charge is -2.03. The summed E-state index contributed by atoms with van der Waals surface area (Å²) in [5.74, 6) is 1.30. The molecule has 0 amide bonds. The molecular weight excluding hydrogens is 298 g/mol. The number of rotatable bonds is 2. The van der Waals surface area contributed by atoms with Gasteiger partial charge in [0.2, 0.25) is 0 Å². The van der Waals surface area contributed by atoms with E-state index in [9.17, 15) is 5.26 Å². The summed E-state index contributed by atoms with van der Waals surface area (Å²) in [5.41, 5.74) is 2.77. The Balaban J connectivity index is 2.12. The molecule has 22 heavy (non-hydrogen) atoms. The molecule has 108 valence electrons. The van der Waals surface area contributed by atoms with E-state index in [2.05, 4.69) is 21.1 Å². The Bertz CT molecular complexity index is 854. The second kappa shape index (κ2) is 5.58. The Kier molecular flexibility index (Phi) is 3.61. The number of halogens is 1. The molecule has 0 saturated carbocycles. The molecule has 3 aromatic rings. The Hall–Kier alpha value is -2.71. The zero-order valence-electron chi connectivity index (χ0n) is 12.1. The van der Waals surface area contributed by atoms with Crippen molar-refractivity contribution in [3.8, 4) is 23.1 Å². The van der Waals surface area contributed by atoms with Gasteiger partial charge in [-0.05, 0) is 26.0 Å². The molecule has 2 heterocycles. The predicted molar refractivity (Wildman–Crippen MR) is 83.8 cm³/mol. The highest BCUT2D eigenvalue weighted by molar-refractivity contribution is 6.30. The van der Waals surface area contributed by atoms with Crippen LogP contribution >= 0.6 is 11.6 Å². The van der Waals surface area contributed by atoms with E-state index in [4.69, 9.17) is 11.6 Å². The second-order valence-corrected chi connectivity index (χ2v) is 5.31. The molecule has 0 aliphatic heterocycles. The van der Waals surface area contributed by atoms with Crippen molar-refractivity contribution in [3.05, 3.63) is 58.6 Å². The van der Waals surface area contributed by atoms with E-state index < -0.39 is 0 Å². The highest BCUT2D eigenvalue weighted by atomic mass is 35.5. The molecule has 2 aromatic heterocycles. The van der Waals surface area contributed by atoms with Crippen molar-refractivity contribution in [1.82, 2.24) is 19.7 Å². The SMILES string of the molecule is Cc1cc(-n2cc(C#N)c(-c3ccc(Cl)cc3)n2)nc(C)n1. The maximum atomic E-state index is 9.34. The van der Waals surface area contributed by atoms with Gasteiger partial charge in [-0.1, -0.05) is 23.7 Å². The Morgan fingerprint density at radius 3 is 2.50 bits per heavy atom. The van der Waals surface area contributed by atoms with E-state index in [1.165, 1.54) is 0 Å². The third kappa shape index (κ3) is 2.69. The van der Waals surface area contributed by atoms with Gasteiger partial charge in [0.1, 0.15) is 17.6 Å². The monoisotopic (exact) mass is 309 g/mol. The number of nitrogens with zero attached hydrogens (tertiary/aromatic N) is 5. The molecule has 6 heteroatoms. The van der Waals surface area contributed by atoms with Gasteiger partial charge in [0.15, 0.2) is 5.82 Å². The fourth-order valence-electron chi connectivity index (χ4n) is 2.21. The summed E-state index contributed by atoms with van der Waals surface area (Å²) in [6, 6.07) is 11.2. The normalized spacial score (nSPS) is 10.5. The van der Waals surface area contributed by atoms with Crippen molar-refractivity contribution in [1.29, 1.82) is 5.26 Å². The second-order valence-electron chi connectivity index (χ2n) is 4.87. The molecule has 0 bridgehead atoms. The van der Waals surface area contributed by atoms with E-state index in [-0.39, 0.29) is 0 Å².